The van der Waals surface area contributed by atoms with Crippen molar-refractivity contribution in [2.75, 3.05) is 5.32 Å². The van der Waals surface area contributed by atoms with E-state index >= 15 is 0 Å². The monoisotopic (exact) mass is 422 g/mol. The molecule has 2 aromatic carbocycles. The Balaban J connectivity index is 1.58. The van der Waals surface area contributed by atoms with Crippen LogP contribution in [-0.2, 0) is 29.0 Å². The third-order valence-electron chi connectivity index (χ3n) is 4.66. The Labute approximate surface area is 180 Å². The second kappa shape index (κ2) is 10.0. The van der Waals surface area contributed by atoms with Crippen LogP contribution in [0.3, 0.4) is 0 Å². The number of carbonyl (C=O) groups is 2. The maximum Gasteiger partial charge on any atom is 0.250 e. The minimum absolute atomic E-state index is 0.113. The van der Waals surface area contributed by atoms with Crippen molar-refractivity contribution in [1.29, 1.82) is 0 Å². The molecule has 1 aromatic heterocycles. The summed E-state index contributed by atoms with van der Waals surface area (Å²) in [5, 5.41) is 3.41. The van der Waals surface area contributed by atoms with E-state index in [1.165, 1.54) is 6.07 Å². The van der Waals surface area contributed by atoms with Gasteiger partial charge in [-0.25, -0.2) is 0 Å². The number of ketones is 1. The van der Waals surface area contributed by atoms with E-state index in [0.717, 1.165) is 22.4 Å². The zero-order valence-corrected chi connectivity index (χ0v) is 17.5. The molecule has 30 heavy (non-hydrogen) atoms. The van der Waals surface area contributed by atoms with Gasteiger partial charge in [0.05, 0.1) is 18.0 Å². The Morgan fingerprint density at radius 3 is 2.43 bits per heavy atom. The van der Waals surface area contributed by atoms with Crippen molar-refractivity contribution in [2.24, 2.45) is 0 Å². The molecule has 0 saturated heterocycles. The number of nitrogens with zero attached hydrogens (tertiary/aromatic N) is 1. The molecule has 0 radical (unpaired) electrons. The van der Waals surface area contributed by atoms with Gasteiger partial charge in [0, 0.05) is 24.4 Å². The van der Waals surface area contributed by atoms with Gasteiger partial charge < -0.3 is 14.7 Å². The molecule has 0 aliphatic carbocycles. The van der Waals surface area contributed by atoms with Gasteiger partial charge in [-0.1, -0.05) is 48.0 Å². The number of aromatic nitrogens is 1. The fraction of sp³-hybridized carbons (Fsp3) is 0.208. The summed E-state index contributed by atoms with van der Waals surface area (Å²) in [6, 6.07) is 18.1. The van der Waals surface area contributed by atoms with Crippen molar-refractivity contribution in [3.63, 3.8) is 0 Å². The SMILES string of the molecule is CC(=O)CCc1cccc(NC(=O)Cc2ccc(Cn3cc(Cl)ccc3=O)cc2)c1. The van der Waals surface area contributed by atoms with E-state index in [-0.39, 0.29) is 23.7 Å². The van der Waals surface area contributed by atoms with Crippen LogP contribution in [0.5, 0.6) is 0 Å². The summed E-state index contributed by atoms with van der Waals surface area (Å²) in [7, 11) is 0. The lowest BCUT2D eigenvalue weighted by Gasteiger charge is -2.09. The van der Waals surface area contributed by atoms with Gasteiger partial charge in [0.25, 0.3) is 5.56 Å². The van der Waals surface area contributed by atoms with Crippen molar-refractivity contribution >= 4 is 29.0 Å². The molecule has 0 aliphatic heterocycles. The number of hydrogen-bond acceptors (Lipinski definition) is 3. The first kappa shape index (κ1) is 21.5. The summed E-state index contributed by atoms with van der Waals surface area (Å²) >= 11 is 5.95. The van der Waals surface area contributed by atoms with Gasteiger partial charge >= 0.3 is 0 Å². The Kier molecular flexibility index (Phi) is 7.20. The summed E-state index contributed by atoms with van der Waals surface area (Å²) in [6.07, 6.45) is 3.01. The second-order valence-corrected chi connectivity index (χ2v) is 7.69. The van der Waals surface area contributed by atoms with Crippen LogP contribution in [0.1, 0.15) is 30.0 Å². The average molecular weight is 423 g/mol. The van der Waals surface area contributed by atoms with E-state index in [2.05, 4.69) is 5.32 Å². The predicted octanol–water partition coefficient (Wildman–Crippen LogP) is 4.25. The summed E-state index contributed by atoms with van der Waals surface area (Å²) < 4.78 is 1.54. The molecular formula is C24H23ClN2O3. The highest BCUT2D eigenvalue weighted by atomic mass is 35.5. The molecule has 0 unspecified atom stereocenters. The van der Waals surface area contributed by atoms with E-state index < -0.39 is 0 Å². The van der Waals surface area contributed by atoms with Gasteiger partial charge in [0.1, 0.15) is 5.78 Å². The number of hydrogen-bond donors (Lipinski definition) is 1. The van der Waals surface area contributed by atoms with Crippen LogP contribution < -0.4 is 10.9 Å². The third-order valence-corrected chi connectivity index (χ3v) is 4.89. The lowest BCUT2D eigenvalue weighted by Crippen LogP contribution is -2.18. The molecule has 0 fully saturated rings. The molecular weight excluding hydrogens is 400 g/mol. The maximum atomic E-state index is 12.4. The second-order valence-electron chi connectivity index (χ2n) is 7.26. The first-order chi connectivity index (χ1) is 14.4. The molecule has 6 heteroatoms. The molecule has 1 heterocycles. The molecule has 0 saturated carbocycles. The molecule has 0 aliphatic rings. The summed E-state index contributed by atoms with van der Waals surface area (Å²) in [5.74, 6) is 0.0330. The number of rotatable bonds is 8. The average Bonchev–Trinajstić information content (AvgIpc) is 2.71. The Hall–Kier alpha value is -3.18. The lowest BCUT2D eigenvalue weighted by atomic mass is 10.1. The van der Waals surface area contributed by atoms with E-state index in [0.29, 0.717) is 24.4 Å². The number of carbonyl (C=O) groups excluding carboxylic acids is 2. The molecule has 0 atom stereocenters. The van der Waals surface area contributed by atoms with E-state index in [1.807, 2.05) is 48.5 Å². The normalized spacial score (nSPS) is 10.6. The number of anilines is 1. The fourth-order valence-corrected chi connectivity index (χ4v) is 3.28. The van der Waals surface area contributed by atoms with Gasteiger partial charge in [0.2, 0.25) is 5.91 Å². The predicted molar refractivity (Wildman–Crippen MR) is 119 cm³/mol. The fourth-order valence-electron chi connectivity index (χ4n) is 3.10. The van der Waals surface area contributed by atoms with Crippen molar-refractivity contribution in [3.8, 4) is 0 Å². The molecule has 0 bridgehead atoms. The minimum atomic E-state index is -0.117. The van der Waals surface area contributed by atoms with Gasteiger partial charge in [-0.2, -0.15) is 0 Å². The van der Waals surface area contributed by atoms with Crippen molar-refractivity contribution in [3.05, 3.63) is 98.9 Å². The molecule has 154 valence electrons. The Bertz CT molecular complexity index is 1100. The van der Waals surface area contributed by atoms with Crippen LogP contribution in [0.25, 0.3) is 0 Å². The first-order valence-corrected chi connectivity index (χ1v) is 10.1. The zero-order chi connectivity index (χ0) is 21.5. The largest absolute Gasteiger partial charge is 0.326 e. The standard InChI is InChI=1S/C24H23ClN2O3/c1-17(28)5-6-18-3-2-4-22(13-18)26-23(29)14-19-7-9-20(10-8-19)15-27-16-21(25)11-12-24(27)30/h2-4,7-13,16H,5-6,14-15H2,1H3,(H,26,29). The topological polar surface area (TPSA) is 68.2 Å². The summed E-state index contributed by atoms with van der Waals surface area (Å²) in [6.45, 7) is 1.99. The Morgan fingerprint density at radius 2 is 1.70 bits per heavy atom. The maximum absolute atomic E-state index is 12.4. The van der Waals surface area contributed by atoms with Crippen LogP contribution in [-0.4, -0.2) is 16.3 Å². The molecule has 3 aromatic rings. The van der Waals surface area contributed by atoms with Gasteiger partial charge in [-0.3, -0.25) is 9.59 Å². The molecule has 3 rings (SSSR count). The molecule has 0 spiro atoms. The highest BCUT2D eigenvalue weighted by molar-refractivity contribution is 6.30. The van der Waals surface area contributed by atoms with Gasteiger partial charge in [-0.05, 0) is 48.2 Å². The van der Waals surface area contributed by atoms with Crippen LogP contribution in [0, 0.1) is 0 Å². The van der Waals surface area contributed by atoms with Crippen molar-refractivity contribution < 1.29 is 9.59 Å². The number of benzene rings is 2. The first-order valence-electron chi connectivity index (χ1n) is 9.71. The molecule has 1 amide bonds. The van der Waals surface area contributed by atoms with Gasteiger partial charge in [0.15, 0.2) is 0 Å². The van der Waals surface area contributed by atoms with Crippen LogP contribution in [0.2, 0.25) is 5.02 Å². The quantitative estimate of drug-likeness (QED) is 0.590. The molecule has 5 nitrogen and oxygen atoms in total. The third kappa shape index (κ3) is 6.42. The number of Topliss-reactive ketones (excluding diaryl/α,β-unsaturated/α-hetero) is 1. The summed E-state index contributed by atoms with van der Waals surface area (Å²) in [5.41, 5.74) is 3.44. The highest BCUT2D eigenvalue weighted by Gasteiger charge is 2.06. The smallest absolute Gasteiger partial charge is 0.250 e. The van der Waals surface area contributed by atoms with Crippen LogP contribution >= 0.6 is 11.6 Å². The number of nitrogens with one attached hydrogen (secondary N) is 1. The molecule has 1 N–H and O–H groups in total. The number of aryl methyl sites for hydroxylation is 1. The lowest BCUT2D eigenvalue weighted by molar-refractivity contribution is -0.117. The number of pyridine rings is 1. The van der Waals surface area contributed by atoms with Crippen molar-refractivity contribution in [1.82, 2.24) is 4.57 Å². The Morgan fingerprint density at radius 1 is 0.967 bits per heavy atom. The number of amides is 1. The van der Waals surface area contributed by atoms with E-state index in [4.69, 9.17) is 11.6 Å². The van der Waals surface area contributed by atoms with Crippen LogP contribution in [0.15, 0.2) is 71.7 Å². The highest BCUT2D eigenvalue weighted by Crippen LogP contribution is 2.14. The van der Waals surface area contributed by atoms with Crippen LogP contribution in [0.4, 0.5) is 5.69 Å². The van der Waals surface area contributed by atoms with E-state index in [1.54, 1.807) is 23.8 Å². The minimum Gasteiger partial charge on any atom is -0.326 e. The van der Waals surface area contributed by atoms with E-state index in [9.17, 15) is 14.4 Å². The van der Waals surface area contributed by atoms with Gasteiger partial charge in [-0.15, -0.1) is 0 Å². The van der Waals surface area contributed by atoms with Crippen molar-refractivity contribution in [2.45, 2.75) is 32.7 Å². The summed E-state index contributed by atoms with van der Waals surface area (Å²) in [4.78, 5) is 35.4. The zero-order valence-electron chi connectivity index (χ0n) is 16.7. The number of halogens is 1.